The molecule has 6 N–H and O–H groups in total. The first-order valence-electron chi connectivity index (χ1n) is 10.8. The minimum Gasteiger partial charge on any atom is -0.421 e. The number of rotatable bonds is 4. The molecular formula is C25H17N7O4. The number of nitrogens with two attached hydrogens (primary N) is 2. The number of H-pyrrole nitrogens is 2. The second-order valence-electron chi connectivity index (χ2n) is 7.93. The second kappa shape index (κ2) is 8.09. The molecule has 0 saturated heterocycles. The molecule has 2 aliphatic rings. The Morgan fingerprint density at radius 2 is 1.17 bits per heavy atom. The van der Waals surface area contributed by atoms with Crippen LogP contribution in [0.25, 0.3) is 32.7 Å². The Labute approximate surface area is 201 Å². The summed E-state index contributed by atoms with van der Waals surface area (Å²) in [6.07, 6.45) is 7.44. The van der Waals surface area contributed by atoms with Gasteiger partial charge in [0.05, 0.1) is 32.7 Å². The molecule has 0 fully saturated rings. The Hall–Kier alpha value is -5.45. The van der Waals surface area contributed by atoms with Gasteiger partial charge in [-0.05, 0) is 24.3 Å². The maximum absolute atomic E-state index is 12.4. The van der Waals surface area contributed by atoms with Gasteiger partial charge in [0.15, 0.2) is 10.9 Å². The zero-order valence-corrected chi connectivity index (χ0v) is 18.5. The molecule has 176 valence electrons. The lowest BCUT2D eigenvalue weighted by Gasteiger charge is -2.07. The average molecular weight is 479 g/mol. The molecule has 0 atom stereocenters. The smallest absolute Gasteiger partial charge is 0.232 e. The molecular weight excluding hydrogens is 462 g/mol. The Morgan fingerprint density at radius 3 is 1.64 bits per heavy atom. The van der Waals surface area contributed by atoms with Crippen LogP contribution in [0.4, 0.5) is 11.4 Å². The number of aromatic nitrogens is 5. The lowest BCUT2D eigenvalue weighted by atomic mass is 10.2. The highest BCUT2D eigenvalue weighted by atomic mass is 16.5. The number of ether oxygens (including phenoxy) is 2. The topological polar surface area (TPSA) is 175 Å². The first kappa shape index (κ1) is 21.1. The molecule has 0 amide bonds. The number of aromatic amines is 2. The van der Waals surface area contributed by atoms with Crippen molar-refractivity contribution in [2.45, 2.75) is 0 Å². The fourth-order valence-corrected chi connectivity index (χ4v) is 4.05. The second-order valence-corrected chi connectivity index (χ2v) is 7.93. The van der Waals surface area contributed by atoms with E-state index in [1.165, 1.54) is 30.9 Å². The number of nitrogen functional groups attached to an aromatic ring is 2. The minimum absolute atomic E-state index is 0.163. The summed E-state index contributed by atoms with van der Waals surface area (Å²) in [6.45, 7) is 0. The van der Waals surface area contributed by atoms with Crippen molar-refractivity contribution in [3.63, 3.8) is 0 Å². The van der Waals surface area contributed by atoms with E-state index < -0.39 is 0 Å². The maximum Gasteiger partial charge on any atom is 0.232 e. The molecule has 11 nitrogen and oxygen atoms in total. The number of nitrogens with one attached hydrogen (secondary N) is 2. The van der Waals surface area contributed by atoms with Crippen LogP contribution in [0.15, 0.2) is 77.1 Å². The third kappa shape index (κ3) is 3.34. The van der Waals surface area contributed by atoms with Crippen LogP contribution in [0.2, 0.25) is 0 Å². The Balaban J connectivity index is 1.43. The van der Waals surface area contributed by atoms with E-state index in [1.54, 1.807) is 36.7 Å². The van der Waals surface area contributed by atoms with E-state index in [-0.39, 0.29) is 34.4 Å². The maximum atomic E-state index is 12.4. The molecule has 0 aliphatic carbocycles. The molecule has 0 unspecified atom stereocenters. The predicted octanol–water partition coefficient (Wildman–Crippen LogP) is 3.41. The Morgan fingerprint density at radius 1 is 0.694 bits per heavy atom. The number of anilines is 2. The van der Waals surface area contributed by atoms with Crippen LogP contribution in [-0.4, -0.2) is 24.9 Å². The third-order valence-corrected chi connectivity index (χ3v) is 5.75. The molecule has 2 aromatic carbocycles. The number of nitrogens with zero attached hydrogens (tertiary/aromatic N) is 3. The summed E-state index contributed by atoms with van der Waals surface area (Å²) < 4.78 is 12.1. The van der Waals surface area contributed by atoms with Gasteiger partial charge >= 0.3 is 0 Å². The summed E-state index contributed by atoms with van der Waals surface area (Å²) in [7, 11) is 0. The average Bonchev–Trinajstić information content (AvgIpc) is 3.54. The van der Waals surface area contributed by atoms with E-state index in [9.17, 15) is 9.59 Å². The van der Waals surface area contributed by atoms with Crippen molar-refractivity contribution < 1.29 is 9.47 Å². The minimum atomic E-state index is -0.205. The SMILES string of the molecule is Nc1cccc(=O)c2c[nH]c(Oc3ncnc(Oc4[nH]cc5c(=O)cccc(N)c45)c4cncc3-4)c12. The van der Waals surface area contributed by atoms with E-state index in [0.29, 0.717) is 44.0 Å². The highest BCUT2D eigenvalue weighted by molar-refractivity contribution is 5.97. The van der Waals surface area contributed by atoms with Crippen LogP contribution in [0.3, 0.4) is 0 Å². The van der Waals surface area contributed by atoms with E-state index in [0.717, 1.165) is 0 Å². The zero-order valence-electron chi connectivity index (χ0n) is 18.5. The molecule has 36 heavy (non-hydrogen) atoms. The standard InChI is InChI=1S/C25H17N7O4/c26-16-3-1-5-18(33)14-9-29-24(20(14)16)35-22-12-7-28-8-13(12)23(32-11-31-22)36-25-21-15(10-30-25)19(34)6-2-4-17(21)27/h1-11,29-30H,26-27H2. The van der Waals surface area contributed by atoms with Gasteiger partial charge in [-0.2, -0.15) is 0 Å². The van der Waals surface area contributed by atoms with Gasteiger partial charge in [-0.25, -0.2) is 9.97 Å². The van der Waals surface area contributed by atoms with Gasteiger partial charge in [0.1, 0.15) is 6.33 Å². The number of hydrogen-bond acceptors (Lipinski definition) is 9. The Kier molecular flexibility index (Phi) is 4.75. The van der Waals surface area contributed by atoms with Gasteiger partial charge in [-0.3, -0.25) is 14.6 Å². The summed E-state index contributed by atoms with van der Waals surface area (Å²) in [4.78, 5) is 43.4. The first-order chi connectivity index (χ1) is 17.5. The summed E-state index contributed by atoms with van der Waals surface area (Å²) in [5, 5.41) is 1.64. The quantitative estimate of drug-likeness (QED) is 0.295. The van der Waals surface area contributed by atoms with Gasteiger partial charge < -0.3 is 30.9 Å². The largest absolute Gasteiger partial charge is 0.421 e. The van der Waals surface area contributed by atoms with Crippen molar-refractivity contribution in [3.05, 3.63) is 88.0 Å². The lowest BCUT2D eigenvalue weighted by molar-refractivity contribution is 0.454. The summed E-state index contributed by atoms with van der Waals surface area (Å²) in [6, 6.07) is 9.27. The van der Waals surface area contributed by atoms with Crippen molar-refractivity contribution in [3.8, 4) is 34.6 Å². The molecule has 4 aromatic rings. The van der Waals surface area contributed by atoms with Crippen molar-refractivity contribution in [1.82, 2.24) is 24.9 Å². The molecule has 4 heterocycles. The number of hydrogen-bond donors (Lipinski definition) is 4. The highest BCUT2D eigenvalue weighted by Gasteiger charge is 2.21. The summed E-state index contributed by atoms with van der Waals surface area (Å²) in [5.41, 5.74) is 13.6. The normalized spacial score (nSPS) is 11.2. The van der Waals surface area contributed by atoms with E-state index >= 15 is 0 Å². The Bertz CT molecular complexity index is 1750. The van der Waals surface area contributed by atoms with Crippen LogP contribution in [-0.2, 0) is 0 Å². The van der Waals surface area contributed by atoms with Crippen LogP contribution < -0.4 is 31.8 Å². The summed E-state index contributed by atoms with van der Waals surface area (Å²) in [5.74, 6) is 0.822. The monoisotopic (exact) mass is 479 g/mol. The third-order valence-electron chi connectivity index (χ3n) is 5.75. The van der Waals surface area contributed by atoms with Crippen LogP contribution in [0.1, 0.15) is 0 Å². The van der Waals surface area contributed by atoms with Crippen molar-refractivity contribution in [1.29, 1.82) is 0 Å². The van der Waals surface area contributed by atoms with E-state index in [2.05, 4.69) is 24.9 Å². The van der Waals surface area contributed by atoms with Crippen molar-refractivity contribution >= 4 is 32.9 Å². The van der Waals surface area contributed by atoms with Crippen LogP contribution >= 0.6 is 0 Å². The van der Waals surface area contributed by atoms with Gasteiger partial charge in [0.25, 0.3) is 0 Å². The zero-order chi connectivity index (χ0) is 24.8. The first-order valence-corrected chi connectivity index (χ1v) is 10.8. The van der Waals surface area contributed by atoms with Gasteiger partial charge in [-0.15, -0.1) is 0 Å². The molecule has 0 spiro atoms. The molecule has 2 aliphatic heterocycles. The molecule has 2 aromatic heterocycles. The molecule has 6 rings (SSSR count). The highest BCUT2D eigenvalue weighted by Crippen LogP contribution is 2.40. The number of fused-ring (bicyclic) bond motifs is 3. The van der Waals surface area contributed by atoms with Crippen LogP contribution in [0, 0.1) is 0 Å². The lowest BCUT2D eigenvalue weighted by Crippen LogP contribution is -1.94. The van der Waals surface area contributed by atoms with Gasteiger partial charge in [0, 0.05) is 36.2 Å². The van der Waals surface area contributed by atoms with E-state index in [1.807, 2.05) is 0 Å². The van der Waals surface area contributed by atoms with Crippen LogP contribution in [0.5, 0.6) is 23.5 Å². The molecule has 11 heteroatoms. The predicted molar refractivity (Wildman–Crippen MR) is 135 cm³/mol. The van der Waals surface area contributed by atoms with Gasteiger partial charge in [0.2, 0.25) is 23.5 Å². The summed E-state index contributed by atoms with van der Waals surface area (Å²) >= 11 is 0. The molecule has 0 radical (unpaired) electrons. The van der Waals surface area contributed by atoms with E-state index in [4.69, 9.17) is 20.9 Å². The fourth-order valence-electron chi connectivity index (χ4n) is 4.05. The van der Waals surface area contributed by atoms with Gasteiger partial charge in [-0.1, -0.05) is 12.1 Å². The van der Waals surface area contributed by atoms with Crippen molar-refractivity contribution in [2.75, 3.05) is 11.5 Å². The van der Waals surface area contributed by atoms with Crippen molar-refractivity contribution in [2.24, 2.45) is 0 Å². The molecule has 0 bridgehead atoms. The molecule has 0 saturated carbocycles. The fraction of sp³-hybridized carbons (Fsp3) is 0.